The van der Waals surface area contributed by atoms with Gasteiger partial charge in [-0.1, -0.05) is 37.6 Å². The minimum Gasteiger partial charge on any atom is -0.309 e. The van der Waals surface area contributed by atoms with E-state index in [1.165, 1.54) is 43.4 Å². The van der Waals surface area contributed by atoms with Crippen LogP contribution >= 0.6 is 12.4 Å². The largest absolute Gasteiger partial charge is 0.309 e. The van der Waals surface area contributed by atoms with E-state index in [1.807, 2.05) is 0 Å². The zero-order valence-electron chi connectivity index (χ0n) is 10.7. The maximum absolute atomic E-state index is 2.28. The Labute approximate surface area is 106 Å². The van der Waals surface area contributed by atoms with Crippen LogP contribution in [0, 0.1) is 0 Å². The van der Waals surface area contributed by atoms with Crippen molar-refractivity contribution in [1.29, 1.82) is 0 Å². The minimum absolute atomic E-state index is 0. The monoisotopic (exact) mass is 241 g/mol. The molecule has 0 aliphatic heterocycles. The highest BCUT2D eigenvalue weighted by Crippen LogP contribution is 2.08. The second-order valence-electron chi connectivity index (χ2n) is 4.47. The van der Waals surface area contributed by atoms with E-state index in [1.54, 1.807) is 0 Å². The van der Waals surface area contributed by atoms with Gasteiger partial charge < -0.3 is 4.90 Å². The van der Waals surface area contributed by atoms with Crippen LogP contribution < -0.4 is 0 Å². The van der Waals surface area contributed by atoms with Crippen molar-refractivity contribution in [2.75, 3.05) is 20.6 Å². The number of benzene rings is 1. The Morgan fingerprint density at radius 3 is 1.88 bits per heavy atom. The molecule has 0 N–H and O–H groups in total. The van der Waals surface area contributed by atoms with Gasteiger partial charge in [0.25, 0.3) is 0 Å². The first-order valence-electron chi connectivity index (χ1n) is 5.95. The Morgan fingerprint density at radius 2 is 1.44 bits per heavy atom. The van der Waals surface area contributed by atoms with E-state index in [0.29, 0.717) is 0 Å². The Balaban J connectivity index is 0.00000225. The lowest BCUT2D eigenvalue weighted by atomic mass is 10.0. The van der Waals surface area contributed by atoms with Gasteiger partial charge in [0.05, 0.1) is 0 Å². The number of hydrogen-bond acceptors (Lipinski definition) is 1. The van der Waals surface area contributed by atoms with E-state index >= 15 is 0 Å². The van der Waals surface area contributed by atoms with Gasteiger partial charge >= 0.3 is 0 Å². The standard InChI is InChI=1S/C14H23N.ClH/c1-4-6-13-8-10-14(11-9-13)7-5-12-15(2)3;/h8-11H,4-7,12H2,1-3H3;1H. The summed E-state index contributed by atoms with van der Waals surface area (Å²) in [4.78, 5) is 2.24. The summed E-state index contributed by atoms with van der Waals surface area (Å²) in [5.41, 5.74) is 2.94. The number of nitrogens with zero attached hydrogens (tertiary/aromatic N) is 1. The Bertz CT molecular complexity index is 267. The molecular formula is C14H24ClN. The van der Waals surface area contributed by atoms with Crippen molar-refractivity contribution in [3.05, 3.63) is 35.4 Å². The number of aryl methyl sites for hydroxylation is 2. The first-order valence-corrected chi connectivity index (χ1v) is 5.95. The van der Waals surface area contributed by atoms with Crippen molar-refractivity contribution in [2.24, 2.45) is 0 Å². The van der Waals surface area contributed by atoms with Gasteiger partial charge in [-0.05, 0) is 51.0 Å². The summed E-state index contributed by atoms with van der Waals surface area (Å²) in [6.45, 7) is 3.40. The third-order valence-electron chi connectivity index (χ3n) is 2.63. The molecule has 0 spiro atoms. The highest BCUT2D eigenvalue weighted by Gasteiger charge is 1.95. The van der Waals surface area contributed by atoms with Crippen LogP contribution in [0.3, 0.4) is 0 Å². The average molecular weight is 242 g/mol. The van der Waals surface area contributed by atoms with Crippen molar-refractivity contribution in [2.45, 2.75) is 32.6 Å². The van der Waals surface area contributed by atoms with E-state index < -0.39 is 0 Å². The maximum atomic E-state index is 2.28. The SMILES string of the molecule is CCCc1ccc(CCCN(C)C)cc1.Cl. The molecule has 0 atom stereocenters. The smallest absolute Gasteiger partial charge is 0.00217 e. The molecule has 92 valence electrons. The molecule has 0 unspecified atom stereocenters. The number of rotatable bonds is 6. The van der Waals surface area contributed by atoms with Crippen LogP contribution in [0.2, 0.25) is 0 Å². The molecule has 1 aromatic rings. The van der Waals surface area contributed by atoms with Crippen LogP contribution in [0.15, 0.2) is 24.3 Å². The first-order chi connectivity index (χ1) is 7.22. The van der Waals surface area contributed by atoms with Crippen LogP contribution in [-0.4, -0.2) is 25.5 Å². The van der Waals surface area contributed by atoms with Gasteiger partial charge in [-0.15, -0.1) is 12.4 Å². The highest BCUT2D eigenvalue weighted by molar-refractivity contribution is 5.85. The molecule has 0 saturated carbocycles. The van der Waals surface area contributed by atoms with Crippen LogP contribution in [-0.2, 0) is 12.8 Å². The molecule has 2 heteroatoms. The van der Waals surface area contributed by atoms with Gasteiger partial charge in [-0.25, -0.2) is 0 Å². The van der Waals surface area contributed by atoms with Gasteiger partial charge in [0.1, 0.15) is 0 Å². The lowest BCUT2D eigenvalue weighted by Gasteiger charge is -2.09. The van der Waals surface area contributed by atoms with E-state index in [2.05, 4.69) is 50.2 Å². The Hall–Kier alpha value is -0.530. The third kappa shape index (κ3) is 6.14. The summed E-state index contributed by atoms with van der Waals surface area (Å²) in [5.74, 6) is 0. The molecule has 0 bridgehead atoms. The molecular weight excluding hydrogens is 218 g/mol. The van der Waals surface area contributed by atoms with Crippen molar-refractivity contribution < 1.29 is 0 Å². The summed E-state index contributed by atoms with van der Waals surface area (Å²) >= 11 is 0. The molecule has 0 aliphatic carbocycles. The van der Waals surface area contributed by atoms with Crippen molar-refractivity contribution >= 4 is 12.4 Å². The van der Waals surface area contributed by atoms with Gasteiger partial charge in [0, 0.05) is 0 Å². The molecule has 0 aromatic heterocycles. The van der Waals surface area contributed by atoms with Crippen LogP contribution in [0.1, 0.15) is 30.9 Å². The molecule has 0 saturated heterocycles. The van der Waals surface area contributed by atoms with E-state index in [4.69, 9.17) is 0 Å². The van der Waals surface area contributed by atoms with Crippen molar-refractivity contribution in [3.63, 3.8) is 0 Å². The summed E-state index contributed by atoms with van der Waals surface area (Å²) in [7, 11) is 4.26. The Kier molecular flexibility index (Phi) is 8.32. The number of hydrogen-bond donors (Lipinski definition) is 0. The zero-order valence-corrected chi connectivity index (χ0v) is 11.5. The summed E-state index contributed by atoms with van der Waals surface area (Å²) in [6.07, 6.45) is 4.89. The fraction of sp³-hybridized carbons (Fsp3) is 0.571. The highest BCUT2D eigenvalue weighted by atomic mass is 35.5. The van der Waals surface area contributed by atoms with Crippen molar-refractivity contribution in [3.8, 4) is 0 Å². The quantitative estimate of drug-likeness (QED) is 0.736. The summed E-state index contributed by atoms with van der Waals surface area (Å²) in [6, 6.07) is 9.10. The predicted octanol–water partition coefficient (Wildman–Crippen LogP) is 3.56. The topological polar surface area (TPSA) is 3.24 Å². The maximum Gasteiger partial charge on any atom is -0.00217 e. The number of halogens is 1. The predicted molar refractivity (Wildman–Crippen MR) is 74.6 cm³/mol. The fourth-order valence-corrected chi connectivity index (χ4v) is 1.76. The summed E-state index contributed by atoms with van der Waals surface area (Å²) < 4.78 is 0. The van der Waals surface area contributed by atoms with E-state index in [-0.39, 0.29) is 12.4 Å². The van der Waals surface area contributed by atoms with Crippen LogP contribution in [0.4, 0.5) is 0 Å². The Morgan fingerprint density at radius 1 is 0.938 bits per heavy atom. The molecule has 1 nitrogen and oxygen atoms in total. The molecule has 0 fully saturated rings. The minimum atomic E-state index is 0. The molecule has 0 radical (unpaired) electrons. The first kappa shape index (κ1) is 15.5. The van der Waals surface area contributed by atoms with E-state index in [0.717, 1.165) is 0 Å². The lowest BCUT2D eigenvalue weighted by Crippen LogP contribution is -2.13. The molecule has 0 aliphatic rings. The molecule has 1 rings (SSSR count). The second kappa shape index (κ2) is 8.60. The van der Waals surface area contributed by atoms with Crippen LogP contribution in [0.25, 0.3) is 0 Å². The molecule has 16 heavy (non-hydrogen) atoms. The van der Waals surface area contributed by atoms with Crippen LogP contribution in [0.5, 0.6) is 0 Å². The molecule has 0 heterocycles. The second-order valence-corrected chi connectivity index (χ2v) is 4.47. The molecule has 0 amide bonds. The van der Waals surface area contributed by atoms with E-state index in [9.17, 15) is 0 Å². The molecule has 1 aromatic carbocycles. The normalized spacial score (nSPS) is 10.2. The van der Waals surface area contributed by atoms with Gasteiger partial charge in [0.2, 0.25) is 0 Å². The van der Waals surface area contributed by atoms with Gasteiger partial charge in [-0.2, -0.15) is 0 Å². The fourth-order valence-electron chi connectivity index (χ4n) is 1.76. The summed E-state index contributed by atoms with van der Waals surface area (Å²) in [5, 5.41) is 0. The lowest BCUT2D eigenvalue weighted by molar-refractivity contribution is 0.400. The average Bonchev–Trinajstić information content (AvgIpc) is 2.20. The zero-order chi connectivity index (χ0) is 11.1. The third-order valence-corrected chi connectivity index (χ3v) is 2.63. The van der Waals surface area contributed by atoms with Crippen molar-refractivity contribution in [1.82, 2.24) is 4.90 Å². The van der Waals surface area contributed by atoms with Gasteiger partial charge in [-0.3, -0.25) is 0 Å². The van der Waals surface area contributed by atoms with Gasteiger partial charge in [0.15, 0.2) is 0 Å².